The predicted molar refractivity (Wildman–Crippen MR) is 81.1 cm³/mol. The molecule has 20 heavy (non-hydrogen) atoms. The van der Waals surface area contributed by atoms with Crippen molar-refractivity contribution in [1.82, 2.24) is 9.88 Å². The van der Waals surface area contributed by atoms with Crippen molar-refractivity contribution in [3.05, 3.63) is 17.8 Å². The molecule has 1 N–H and O–H groups in total. The highest BCUT2D eigenvalue weighted by atomic mass is 32.2. The molecular weight excluding hydrogens is 277 g/mol. The molecule has 1 saturated heterocycles. The molecule has 0 amide bonds. The van der Waals surface area contributed by atoms with E-state index < -0.39 is 12.3 Å². The smallest absolute Gasteiger partial charge is 0.129 e. The summed E-state index contributed by atoms with van der Waals surface area (Å²) in [6.07, 6.45) is 0.352. The quantitative estimate of drug-likeness (QED) is 0.858. The normalized spacial score (nSPS) is 23.4. The number of aromatic nitrogens is 1. The van der Waals surface area contributed by atoms with Gasteiger partial charge in [0.2, 0.25) is 0 Å². The molecule has 1 aromatic heterocycles. The van der Waals surface area contributed by atoms with Crippen molar-refractivity contribution in [3.63, 3.8) is 0 Å². The molecule has 0 aliphatic carbocycles. The molecule has 1 fully saturated rings. The minimum atomic E-state index is -1.11. The first-order valence-electron chi connectivity index (χ1n) is 6.77. The van der Waals surface area contributed by atoms with E-state index in [9.17, 15) is 9.50 Å². The van der Waals surface area contributed by atoms with Crippen LogP contribution in [-0.4, -0.2) is 60.7 Å². The summed E-state index contributed by atoms with van der Waals surface area (Å²) in [7, 11) is 4.00. The molecule has 2 heterocycles. The molecule has 0 radical (unpaired) electrons. The second-order valence-electron chi connectivity index (χ2n) is 5.38. The molecule has 1 aliphatic heterocycles. The average molecular weight is 299 g/mol. The lowest BCUT2D eigenvalue weighted by Gasteiger charge is -2.35. The van der Waals surface area contributed by atoms with Gasteiger partial charge >= 0.3 is 0 Å². The van der Waals surface area contributed by atoms with Crippen LogP contribution < -0.4 is 4.90 Å². The summed E-state index contributed by atoms with van der Waals surface area (Å²) in [6, 6.07) is 4.01. The number of halogens is 1. The number of rotatable bonds is 4. The monoisotopic (exact) mass is 299 g/mol. The maximum absolute atomic E-state index is 13.4. The Kier molecular flexibility index (Phi) is 5.23. The highest BCUT2D eigenvalue weighted by Crippen LogP contribution is 2.27. The maximum Gasteiger partial charge on any atom is 0.129 e. The summed E-state index contributed by atoms with van der Waals surface area (Å²) in [5.41, 5.74) is 1.98. The van der Waals surface area contributed by atoms with E-state index in [1.165, 1.54) is 0 Å². The van der Waals surface area contributed by atoms with Gasteiger partial charge in [-0.25, -0.2) is 9.37 Å². The van der Waals surface area contributed by atoms with Crippen LogP contribution in [0.1, 0.15) is 12.1 Å². The van der Waals surface area contributed by atoms with Gasteiger partial charge in [-0.1, -0.05) is 0 Å². The number of pyridine rings is 1. The van der Waals surface area contributed by atoms with E-state index in [-0.39, 0.29) is 0 Å². The van der Waals surface area contributed by atoms with Crippen LogP contribution in [0, 0.1) is 0 Å². The Morgan fingerprint density at radius 1 is 1.50 bits per heavy atom. The summed E-state index contributed by atoms with van der Waals surface area (Å²) >= 11 is 1.61. The van der Waals surface area contributed by atoms with Crippen LogP contribution >= 0.6 is 11.8 Å². The Hall–Kier alpha value is -0.850. The number of hydrogen-bond acceptors (Lipinski definition) is 5. The number of aliphatic hydroxyl groups excluding tert-OH is 1. The standard InChI is InChI=1S/C14H22FN3OS/c1-17(2)8-11-12(4-5-14(16-11)20-3)18-7-6-10(15)13(19)9-18/h4-5,10,13,19H,6-9H2,1-3H3. The van der Waals surface area contributed by atoms with E-state index in [4.69, 9.17) is 0 Å². The first kappa shape index (κ1) is 15.5. The number of nitrogens with zero attached hydrogens (tertiary/aromatic N) is 3. The van der Waals surface area contributed by atoms with Gasteiger partial charge < -0.3 is 14.9 Å². The topological polar surface area (TPSA) is 39.6 Å². The van der Waals surface area contributed by atoms with E-state index in [0.29, 0.717) is 19.5 Å². The lowest BCUT2D eigenvalue weighted by Crippen LogP contribution is -2.45. The van der Waals surface area contributed by atoms with E-state index in [0.717, 1.165) is 23.0 Å². The van der Waals surface area contributed by atoms with Crippen molar-refractivity contribution < 1.29 is 9.50 Å². The van der Waals surface area contributed by atoms with E-state index in [2.05, 4.69) is 9.88 Å². The van der Waals surface area contributed by atoms with Crippen molar-refractivity contribution >= 4 is 17.4 Å². The van der Waals surface area contributed by atoms with E-state index in [1.807, 2.05) is 37.4 Å². The number of thioether (sulfide) groups is 1. The number of alkyl halides is 1. The average Bonchev–Trinajstić information content (AvgIpc) is 2.41. The van der Waals surface area contributed by atoms with E-state index >= 15 is 0 Å². The first-order chi connectivity index (χ1) is 9.51. The fraction of sp³-hybridized carbons (Fsp3) is 0.643. The van der Waals surface area contributed by atoms with Gasteiger partial charge in [0, 0.05) is 19.6 Å². The summed E-state index contributed by atoms with van der Waals surface area (Å²) in [5.74, 6) is 0. The fourth-order valence-electron chi connectivity index (χ4n) is 2.41. The summed E-state index contributed by atoms with van der Waals surface area (Å²) in [4.78, 5) is 8.76. The molecule has 0 bridgehead atoms. The Morgan fingerprint density at radius 3 is 2.85 bits per heavy atom. The zero-order chi connectivity index (χ0) is 14.7. The fourth-order valence-corrected chi connectivity index (χ4v) is 2.82. The number of piperidine rings is 1. The minimum Gasteiger partial charge on any atom is -0.388 e. The summed E-state index contributed by atoms with van der Waals surface area (Å²) in [5, 5.41) is 10.7. The number of anilines is 1. The molecule has 112 valence electrons. The van der Waals surface area contributed by atoms with Crippen molar-refractivity contribution in [2.75, 3.05) is 38.3 Å². The van der Waals surface area contributed by atoms with Crippen molar-refractivity contribution in [2.45, 2.75) is 30.3 Å². The summed E-state index contributed by atoms with van der Waals surface area (Å²) in [6.45, 7) is 1.69. The van der Waals surface area contributed by atoms with Crippen LogP contribution in [-0.2, 0) is 6.54 Å². The molecule has 2 rings (SSSR count). The Labute approximate surface area is 124 Å². The molecular formula is C14H22FN3OS. The van der Waals surface area contributed by atoms with Gasteiger partial charge in [0.25, 0.3) is 0 Å². The highest BCUT2D eigenvalue weighted by Gasteiger charge is 2.28. The highest BCUT2D eigenvalue weighted by molar-refractivity contribution is 7.98. The Morgan fingerprint density at radius 2 is 2.25 bits per heavy atom. The zero-order valence-corrected chi connectivity index (χ0v) is 13.0. The molecule has 0 aromatic carbocycles. The minimum absolute atomic E-state index is 0.335. The van der Waals surface area contributed by atoms with Crippen molar-refractivity contribution in [1.29, 1.82) is 0 Å². The SMILES string of the molecule is CSc1ccc(N2CCC(F)C(O)C2)c(CN(C)C)n1. The van der Waals surface area contributed by atoms with Crippen molar-refractivity contribution in [2.24, 2.45) is 0 Å². The second-order valence-corrected chi connectivity index (χ2v) is 6.20. The molecule has 2 atom stereocenters. The third-order valence-electron chi connectivity index (χ3n) is 3.44. The third-order valence-corrected chi connectivity index (χ3v) is 4.09. The van der Waals surface area contributed by atoms with Gasteiger partial charge in [-0.2, -0.15) is 0 Å². The van der Waals surface area contributed by atoms with Gasteiger partial charge in [0.05, 0.1) is 16.4 Å². The molecule has 6 heteroatoms. The molecule has 0 saturated carbocycles. The number of hydrogen-bond donors (Lipinski definition) is 1. The molecule has 1 aliphatic rings. The van der Waals surface area contributed by atoms with Gasteiger partial charge in [0.15, 0.2) is 0 Å². The van der Waals surface area contributed by atoms with Crippen LogP contribution in [0.4, 0.5) is 10.1 Å². The van der Waals surface area contributed by atoms with Crippen LogP contribution in [0.3, 0.4) is 0 Å². The molecule has 0 spiro atoms. The number of aliphatic hydroxyl groups is 1. The van der Waals surface area contributed by atoms with E-state index in [1.54, 1.807) is 11.8 Å². The van der Waals surface area contributed by atoms with Gasteiger partial charge in [0.1, 0.15) is 12.3 Å². The van der Waals surface area contributed by atoms with Gasteiger partial charge in [-0.15, -0.1) is 11.8 Å². The van der Waals surface area contributed by atoms with Gasteiger partial charge in [-0.05, 0) is 38.9 Å². The van der Waals surface area contributed by atoms with Crippen LogP contribution in [0.25, 0.3) is 0 Å². The number of β-amino-alcohol motifs (C(OH)–C–C–N with tert-alkyl or cyclic N) is 1. The predicted octanol–water partition coefficient (Wildman–Crippen LogP) is 1.77. The zero-order valence-electron chi connectivity index (χ0n) is 12.2. The molecule has 1 aromatic rings. The maximum atomic E-state index is 13.4. The van der Waals surface area contributed by atoms with Crippen molar-refractivity contribution in [3.8, 4) is 0 Å². The van der Waals surface area contributed by atoms with Gasteiger partial charge in [-0.3, -0.25) is 0 Å². The van der Waals surface area contributed by atoms with Crippen LogP contribution in [0.15, 0.2) is 17.2 Å². The van der Waals surface area contributed by atoms with Crippen LogP contribution in [0.2, 0.25) is 0 Å². The largest absolute Gasteiger partial charge is 0.388 e. The first-order valence-corrected chi connectivity index (χ1v) is 7.99. The Bertz CT molecular complexity index is 458. The third kappa shape index (κ3) is 3.62. The lowest BCUT2D eigenvalue weighted by molar-refractivity contribution is 0.0644. The second kappa shape index (κ2) is 6.74. The van der Waals surface area contributed by atoms with Crippen LogP contribution in [0.5, 0.6) is 0 Å². The summed E-state index contributed by atoms with van der Waals surface area (Å²) < 4.78 is 13.4. The lowest BCUT2D eigenvalue weighted by atomic mass is 10.1. The molecule has 4 nitrogen and oxygen atoms in total. The Balaban J connectivity index is 2.25. The molecule has 2 unspecified atom stereocenters.